The van der Waals surface area contributed by atoms with E-state index in [0.717, 1.165) is 12.0 Å². The summed E-state index contributed by atoms with van der Waals surface area (Å²) >= 11 is 0. The average molecular weight is 274 g/mol. The molecule has 0 radical (unpaired) electrons. The first-order valence-electron chi connectivity index (χ1n) is 7.10. The Kier molecular flexibility index (Phi) is 4.12. The van der Waals surface area contributed by atoms with Crippen LogP contribution in [0.1, 0.15) is 38.3 Å². The van der Waals surface area contributed by atoms with E-state index >= 15 is 0 Å². The third kappa shape index (κ3) is 3.18. The molecule has 1 aliphatic heterocycles. The van der Waals surface area contributed by atoms with Crippen molar-refractivity contribution < 1.29 is 9.59 Å². The fourth-order valence-corrected chi connectivity index (χ4v) is 2.45. The standard InChI is InChI=1S/C16H22N2O2/c1-4-12-5-7-13(8-6-12)11-18-10-9-14(19)17-16(2,3)15(18)20/h5-8H,4,9-11H2,1-3H3,(H,17,19). The van der Waals surface area contributed by atoms with Gasteiger partial charge in [-0.15, -0.1) is 0 Å². The van der Waals surface area contributed by atoms with Crippen LogP contribution in [0.3, 0.4) is 0 Å². The van der Waals surface area contributed by atoms with Crippen LogP contribution in [0, 0.1) is 0 Å². The number of carbonyl (C=O) groups excluding carboxylic acids is 2. The molecule has 4 nitrogen and oxygen atoms in total. The van der Waals surface area contributed by atoms with E-state index in [-0.39, 0.29) is 11.8 Å². The Morgan fingerprint density at radius 2 is 1.75 bits per heavy atom. The minimum absolute atomic E-state index is 0.0251. The van der Waals surface area contributed by atoms with Gasteiger partial charge in [0.1, 0.15) is 5.54 Å². The van der Waals surface area contributed by atoms with Crippen LogP contribution in [0.25, 0.3) is 0 Å². The normalized spacial score (nSPS) is 18.6. The number of carbonyl (C=O) groups is 2. The van der Waals surface area contributed by atoms with E-state index in [1.807, 2.05) is 0 Å². The van der Waals surface area contributed by atoms with Gasteiger partial charge in [0.2, 0.25) is 11.8 Å². The molecule has 0 aliphatic carbocycles. The number of benzene rings is 1. The van der Waals surface area contributed by atoms with Crippen molar-refractivity contribution in [2.75, 3.05) is 6.54 Å². The summed E-state index contributed by atoms with van der Waals surface area (Å²) in [5.41, 5.74) is 1.56. The van der Waals surface area contributed by atoms with E-state index in [1.54, 1.807) is 18.7 Å². The molecule has 2 amide bonds. The topological polar surface area (TPSA) is 49.4 Å². The average Bonchev–Trinajstić information content (AvgIpc) is 2.51. The predicted octanol–water partition coefficient (Wildman–Crippen LogP) is 1.88. The molecular formula is C16H22N2O2. The molecule has 1 N–H and O–H groups in total. The molecule has 0 aromatic heterocycles. The number of nitrogens with zero attached hydrogens (tertiary/aromatic N) is 1. The lowest BCUT2D eigenvalue weighted by atomic mass is 10.0. The highest BCUT2D eigenvalue weighted by Gasteiger charge is 2.36. The lowest BCUT2D eigenvalue weighted by Crippen LogP contribution is -2.52. The predicted molar refractivity (Wildman–Crippen MR) is 78.1 cm³/mol. The molecule has 0 spiro atoms. The van der Waals surface area contributed by atoms with Crippen molar-refractivity contribution >= 4 is 11.8 Å². The summed E-state index contributed by atoms with van der Waals surface area (Å²) in [4.78, 5) is 25.8. The van der Waals surface area contributed by atoms with E-state index in [1.165, 1.54) is 5.56 Å². The molecule has 1 heterocycles. The number of hydrogen-bond acceptors (Lipinski definition) is 2. The number of hydrogen-bond donors (Lipinski definition) is 1. The number of rotatable bonds is 3. The summed E-state index contributed by atoms with van der Waals surface area (Å²) in [6.07, 6.45) is 1.37. The van der Waals surface area contributed by atoms with Crippen molar-refractivity contribution in [2.24, 2.45) is 0 Å². The van der Waals surface area contributed by atoms with Crippen molar-refractivity contribution in [1.29, 1.82) is 0 Å². The molecule has 0 bridgehead atoms. The van der Waals surface area contributed by atoms with Gasteiger partial charge in [-0.1, -0.05) is 31.2 Å². The van der Waals surface area contributed by atoms with Gasteiger partial charge in [0.25, 0.3) is 0 Å². The zero-order chi connectivity index (χ0) is 14.8. The summed E-state index contributed by atoms with van der Waals surface area (Å²) in [7, 11) is 0. The Morgan fingerprint density at radius 3 is 2.35 bits per heavy atom. The lowest BCUT2D eigenvalue weighted by Gasteiger charge is -2.28. The molecule has 0 unspecified atom stereocenters. The second-order valence-electron chi connectivity index (χ2n) is 5.82. The molecule has 0 saturated carbocycles. The van der Waals surface area contributed by atoms with Crippen LogP contribution in [-0.2, 0) is 22.6 Å². The third-order valence-electron chi connectivity index (χ3n) is 3.69. The molecule has 1 aliphatic rings. The maximum Gasteiger partial charge on any atom is 0.248 e. The summed E-state index contributed by atoms with van der Waals surface area (Å²) in [6.45, 7) is 6.66. The van der Waals surface area contributed by atoms with Crippen LogP contribution < -0.4 is 5.32 Å². The smallest absolute Gasteiger partial charge is 0.248 e. The van der Waals surface area contributed by atoms with Crippen LogP contribution in [0.2, 0.25) is 0 Å². The first kappa shape index (κ1) is 14.6. The van der Waals surface area contributed by atoms with Crippen molar-refractivity contribution in [3.05, 3.63) is 35.4 Å². The Labute approximate surface area is 120 Å². The Hall–Kier alpha value is -1.84. The summed E-state index contributed by atoms with van der Waals surface area (Å²) in [5, 5.41) is 2.77. The molecule has 20 heavy (non-hydrogen) atoms. The quantitative estimate of drug-likeness (QED) is 0.915. The molecule has 1 aromatic carbocycles. The fourth-order valence-electron chi connectivity index (χ4n) is 2.45. The van der Waals surface area contributed by atoms with Crippen molar-refractivity contribution in [2.45, 2.75) is 45.7 Å². The summed E-state index contributed by atoms with van der Waals surface area (Å²) in [6, 6.07) is 8.29. The number of amides is 2. The van der Waals surface area contributed by atoms with Crippen LogP contribution in [-0.4, -0.2) is 28.8 Å². The summed E-state index contributed by atoms with van der Waals surface area (Å²) < 4.78 is 0. The van der Waals surface area contributed by atoms with Crippen molar-refractivity contribution in [1.82, 2.24) is 10.2 Å². The second kappa shape index (κ2) is 5.65. The van der Waals surface area contributed by atoms with Gasteiger partial charge < -0.3 is 10.2 Å². The zero-order valence-corrected chi connectivity index (χ0v) is 12.4. The monoisotopic (exact) mass is 274 g/mol. The highest BCUT2D eigenvalue weighted by molar-refractivity contribution is 5.92. The van der Waals surface area contributed by atoms with E-state index in [4.69, 9.17) is 0 Å². The molecule has 1 fully saturated rings. The molecular weight excluding hydrogens is 252 g/mol. The minimum atomic E-state index is -0.822. The maximum atomic E-state index is 12.5. The lowest BCUT2D eigenvalue weighted by molar-refractivity contribution is -0.137. The van der Waals surface area contributed by atoms with Gasteiger partial charge >= 0.3 is 0 Å². The SMILES string of the molecule is CCc1ccc(CN2CCC(=O)NC(C)(C)C2=O)cc1. The highest BCUT2D eigenvalue weighted by atomic mass is 16.2. The van der Waals surface area contributed by atoms with E-state index in [9.17, 15) is 9.59 Å². The first-order chi connectivity index (χ1) is 9.42. The van der Waals surface area contributed by atoms with Crippen molar-refractivity contribution in [3.8, 4) is 0 Å². The minimum Gasteiger partial charge on any atom is -0.342 e. The third-order valence-corrected chi connectivity index (χ3v) is 3.69. The molecule has 4 heteroatoms. The largest absolute Gasteiger partial charge is 0.342 e. The van der Waals surface area contributed by atoms with Gasteiger partial charge in [-0.05, 0) is 31.4 Å². The zero-order valence-electron chi connectivity index (χ0n) is 12.4. The van der Waals surface area contributed by atoms with Crippen LogP contribution in [0.4, 0.5) is 0 Å². The van der Waals surface area contributed by atoms with Crippen molar-refractivity contribution in [3.63, 3.8) is 0 Å². The van der Waals surface area contributed by atoms with E-state index in [0.29, 0.717) is 19.5 Å². The summed E-state index contributed by atoms with van der Waals surface area (Å²) in [5.74, 6) is -0.0879. The van der Waals surface area contributed by atoms with Gasteiger partial charge in [0.15, 0.2) is 0 Å². The molecule has 1 saturated heterocycles. The van der Waals surface area contributed by atoms with Gasteiger partial charge in [0.05, 0.1) is 0 Å². The Morgan fingerprint density at radius 1 is 1.15 bits per heavy atom. The van der Waals surface area contributed by atoms with Crippen LogP contribution in [0.15, 0.2) is 24.3 Å². The van der Waals surface area contributed by atoms with Gasteiger partial charge in [-0.2, -0.15) is 0 Å². The van der Waals surface area contributed by atoms with Gasteiger partial charge in [-0.3, -0.25) is 9.59 Å². The number of nitrogens with one attached hydrogen (secondary N) is 1. The van der Waals surface area contributed by atoms with Crippen LogP contribution in [0.5, 0.6) is 0 Å². The second-order valence-corrected chi connectivity index (χ2v) is 5.82. The molecule has 108 valence electrons. The fraction of sp³-hybridized carbons (Fsp3) is 0.500. The van der Waals surface area contributed by atoms with Crippen LogP contribution >= 0.6 is 0 Å². The molecule has 2 rings (SSSR count). The van der Waals surface area contributed by atoms with Gasteiger partial charge in [-0.25, -0.2) is 0 Å². The molecule has 1 aromatic rings. The van der Waals surface area contributed by atoms with E-state index in [2.05, 4.69) is 36.5 Å². The Balaban J connectivity index is 2.14. The number of aryl methyl sites for hydroxylation is 1. The Bertz CT molecular complexity index is 506. The highest BCUT2D eigenvalue weighted by Crippen LogP contribution is 2.16. The van der Waals surface area contributed by atoms with Gasteiger partial charge in [0, 0.05) is 19.5 Å². The first-order valence-corrected chi connectivity index (χ1v) is 7.10. The maximum absolute atomic E-state index is 12.5. The van der Waals surface area contributed by atoms with E-state index < -0.39 is 5.54 Å². The molecule has 0 atom stereocenters.